The first-order valence-corrected chi connectivity index (χ1v) is 10.7. The normalized spacial score (nSPS) is 21.6. The maximum Gasteiger partial charge on any atom is 0.295 e. The van der Waals surface area contributed by atoms with Crippen LogP contribution in [-0.2, 0) is 22.4 Å². The van der Waals surface area contributed by atoms with E-state index in [0.717, 1.165) is 23.3 Å². The molecule has 1 saturated heterocycles. The van der Waals surface area contributed by atoms with Crippen LogP contribution >= 0.6 is 0 Å². The van der Waals surface area contributed by atoms with Crippen LogP contribution in [0.3, 0.4) is 0 Å². The second-order valence-corrected chi connectivity index (χ2v) is 8.20. The zero-order valence-corrected chi connectivity index (χ0v) is 17.7. The first-order chi connectivity index (χ1) is 15.5. The van der Waals surface area contributed by atoms with Crippen LogP contribution < -0.4 is 4.74 Å². The summed E-state index contributed by atoms with van der Waals surface area (Å²) < 4.78 is 11.3. The maximum absolute atomic E-state index is 13.1. The average Bonchev–Trinajstić information content (AvgIpc) is 3.51. The van der Waals surface area contributed by atoms with Gasteiger partial charge < -0.3 is 19.2 Å². The zero-order valence-electron chi connectivity index (χ0n) is 17.7. The highest BCUT2D eigenvalue weighted by molar-refractivity contribution is 6.46. The number of ether oxygens (including phenoxy) is 1. The molecule has 1 aromatic heterocycles. The monoisotopic (exact) mass is 429 g/mol. The third kappa shape index (κ3) is 3.47. The molecule has 162 valence electrons. The molecule has 2 atom stereocenters. The summed E-state index contributed by atoms with van der Waals surface area (Å²) in [5.74, 6) is -0.324. The van der Waals surface area contributed by atoms with Gasteiger partial charge in [0.05, 0.1) is 11.8 Å². The Labute approximate surface area is 185 Å². The fourth-order valence-corrected chi connectivity index (χ4v) is 4.47. The van der Waals surface area contributed by atoms with Gasteiger partial charge in [-0.3, -0.25) is 9.59 Å². The first-order valence-electron chi connectivity index (χ1n) is 10.7. The Bertz CT molecular complexity index is 1200. The number of furan rings is 1. The lowest BCUT2D eigenvalue weighted by Gasteiger charge is -2.23. The van der Waals surface area contributed by atoms with Crippen molar-refractivity contribution in [2.45, 2.75) is 31.9 Å². The molecule has 1 fully saturated rings. The van der Waals surface area contributed by atoms with Crippen LogP contribution in [-0.4, -0.2) is 34.3 Å². The van der Waals surface area contributed by atoms with Crippen LogP contribution in [0.15, 0.2) is 76.9 Å². The number of rotatable bonds is 5. The Kier molecular flexibility index (Phi) is 5.05. The molecule has 1 amide bonds. The lowest BCUT2D eigenvalue weighted by atomic mass is 9.97. The lowest BCUT2D eigenvalue weighted by Crippen LogP contribution is -2.31. The molecule has 3 heterocycles. The van der Waals surface area contributed by atoms with E-state index in [-0.39, 0.29) is 17.4 Å². The maximum atomic E-state index is 13.1. The molecule has 2 unspecified atom stereocenters. The van der Waals surface area contributed by atoms with Gasteiger partial charge in [-0.2, -0.15) is 0 Å². The number of Topliss-reactive ketones (excluding diaryl/α,β-unsaturated/α-hetero) is 1. The van der Waals surface area contributed by atoms with E-state index < -0.39 is 17.7 Å². The van der Waals surface area contributed by atoms with Crippen molar-refractivity contribution in [3.05, 3.63) is 95.0 Å². The molecule has 0 aliphatic carbocycles. The third-order valence-corrected chi connectivity index (χ3v) is 6.01. The molecule has 2 aliphatic rings. The number of hydrogen-bond donors (Lipinski definition) is 1. The van der Waals surface area contributed by atoms with Gasteiger partial charge in [0, 0.05) is 18.5 Å². The van der Waals surface area contributed by atoms with Crippen molar-refractivity contribution in [2.24, 2.45) is 0 Å². The smallest absolute Gasteiger partial charge is 0.295 e. The van der Waals surface area contributed by atoms with Crippen LogP contribution in [0.1, 0.15) is 35.4 Å². The number of fused-ring (bicyclic) bond motifs is 1. The van der Waals surface area contributed by atoms with E-state index in [1.54, 1.807) is 24.3 Å². The van der Waals surface area contributed by atoms with E-state index in [9.17, 15) is 14.7 Å². The number of hydrogen-bond acceptors (Lipinski definition) is 5. The summed E-state index contributed by atoms with van der Waals surface area (Å²) in [5.41, 5.74) is 2.55. The molecule has 32 heavy (non-hydrogen) atoms. The Hall–Kier alpha value is -3.80. The first kappa shape index (κ1) is 20.1. The molecule has 5 rings (SSSR count). The van der Waals surface area contributed by atoms with Crippen molar-refractivity contribution in [2.75, 3.05) is 6.54 Å². The van der Waals surface area contributed by atoms with Crippen LogP contribution in [0.25, 0.3) is 5.76 Å². The number of nitrogens with zero attached hydrogens (tertiary/aromatic N) is 1. The quantitative estimate of drug-likeness (QED) is 0.372. The van der Waals surface area contributed by atoms with Crippen LogP contribution in [0, 0.1) is 0 Å². The minimum absolute atomic E-state index is 0.0462. The van der Waals surface area contributed by atoms with Crippen molar-refractivity contribution in [3.8, 4) is 5.75 Å². The minimum Gasteiger partial charge on any atom is -0.507 e. The molecule has 2 aliphatic heterocycles. The summed E-state index contributed by atoms with van der Waals surface area (Å²) in [6.45, 7) is 2.31. The van der Waals surface area contributed by atoms with E-state index in [1.165, 1.54) is 11.2 Å². The second-order valence-electron chi connectivity index (χ2n) is 8.20. The molecule has 0 saturated carbocycles. The molecule has 0 spiro atoms. The Morgan fingerprint density at radius 2 is 1.91 bits per heavy atom. The average molecular weight is 429 g/mol. The summed E-state index contributed by atoms with van der Waals surface area (Å²) in [6.07, 6.45) is 2.87. The molecule has 6 nitrogen and oxygen atoms in total. The van der Waals surface area contributed by atoms with Crippen molar-refractivity contribution < 1.29 is 23.8 Å². The highest BCUT2D eigenvalue weighted by atomic mass is 16.5. The van der Waals surface area contributed by atoms with E-state index in [2.05, 4.69) is 0 Å². The number of likely N-dealkylation sites (tertiary alicyclic amines) is 1. The second kappa shape index (κ2) is 8.04. The predicted molar refractivity (Wildman–Crippen MR) is 118 cm³/mol. The number of benzene rings is 2. The van der Waals surface area contributed by atoms with E-state index in [1.807, 2.05) is 43.3 Å². The van der Waals surface area contributed by atoms with Gasteiger partial charge in [-0.25, -0.2) is 0 Å². The molecule has 3 aromatic rings. The summed E-state index contributed by atoms with van der Waals surface area (Å²) in [5, 5.41) is 11.2. The predicted octanol–water partition coefficient (Wildman–Crippen LogP) is 4.27. The van der Waals surface area contributed by atoms with Crippen molar-refractivity contribution in [1.82, 2.24) is 4.90 Å². The van der Waals surface area contributed by atoms with Crippen molar-refractivity contribution in [1.29, 1.82) is 0 Å². The number of amides is 1. The number of carbonyl (C=O) groups is 2. The summed E-state index contributed by atoms with van der Waals surface area (Å²) >= 11 is 0. The van der Waals surface area contributed by atoms with Crippen LogP contribution in [0.5, 0.6) is 5.75 Å². The van der Waals surface area contributed by atoms with Gasteiger partial charge in [-0.05, 0) is 54.8 Å². The highest BCUT2D eigenvalue weighted by Crippen LogP contribution is 2.40. The van der Waals surface area contributed by atoms with Gasteiger partial charge in [0.25, 0.3) is 11.7 Å². The summed E-state index contributed by atoms with van der Waals surface area (Å²) in [7, 11) is 0. The third-order valence-electron chi connectivity index (χ3n) is 6.01. The Morgan fingerprint density at radius 3 is 2.66 bits per heavy atom. The zero-order chi connectivity index (χ0) is 22.2. The standard InChI is InChI=1S/C26H23NO5/c1-16-14-19-15-18(9-10-20(19)32-16)24(28)22-23(21-8-5-13-31-21)27(26(30)25(22)29)12-11-17-6-3-2-4-7-17/h2-10,13,15-16,23,28H,11-12,14H2,1H3/b24-22-. The fraction of sp³-hybridized carbons (Fsp3) is 0.231. The molecule has 2 aromatic carbocycles. The number of ketones is 1. The number of carbonyl (C=O) groups excluding carboxylic acids is 2. The van der Waals surface area contributed by atoms with Crippen molar-refractivity contribution in [3.63, 3.8) is 0 Å². The molecule has 0 bridgehead atoms. The fourth-order valence-electron chi connectivity index (χ4n) is 4.47. The van der Waals surface area contributed by atoms with Gasteiger partial charge >= 0.3 is 0 Å². The minimum atomic E-state index is -0.780. The Morgan fingerprint density at radius 1 is 1.09 bits per heavy atom. The molecule has 1 N–H and O–H groups in total. The summed E-state index contributed by atoms with van der Waals surface area (Å²) in [6, 6.07) is 17.7. The molecular formula is C26H23NO5. The molecule has 6 heteroatoms. The SMILES string of the molecule is CC1Cc2cc(/C(O)=C3/C(=O)C(=O)N(CCc4ccccc4)C3c3ccco3)ccc2O1. The van der Waals surface area contributed by atoms with Gasteiger partial charge in [-0.15, -0.1) is 0 Å². The van der Waals surface area contributed by atoms with Crippen molar-refractivity contribution >= 4 is 17.4 Å². The van der Waals surface area contributed by atoms with Gasteiger partial charge in [0.15, 0.2) is 0 Å². The topological polar surface area (TPSA) is 80.0 Å². The van der Waals surface area contributed by atoms with Gasteiger partial charge in [0.1, 0.15) is 29.4 Å². The van der Waals surface area contributed by atoms with Gasteiger partial charge in [0.2, 0.25) is 0 Å². The van der Waals surface area contributed by atoms with E-state index in [0.29, 0.717) is 24.3 Å². The van der Waals surface area contributed by atoms with Gasteiger partial charge in [-0.1, -0.05) is 30.3 Å². The summed E-state index contributed by atoms with van der Waals surface area (Å²) in [4.78, 5) is 27.5. The molecule has 0 radical (unpaired) electrons. The highest BCUT2D eigenvalue weighted by Gasteiger charge is 2.47. The molecular weight excluding hydrogens is 406 g/mol. The largest absolute Gasteiger partial charge is 0.507 e. The Balaban J connectivity index is 1.54. The lowest BCUT2D eigenvalue weighted by molar-refractivity contribution is -0.140. The number of aliphatic hydroxyl groups is 1. The van der Waals surface area contributed by atoms with E-state index in [4.69, 9.17) is 9.15 Å². The number of aliphatic hydroxyl groups excluding tert-OH is 1. The van der Waals surface area contributed by atoms with Crippen LogP contribution in [0.4, 0.5) is 0 Å². The van der Waals surface area contributed by atoms with Crippen LogP contribution in [0.2, 0.25) is 0 Å². The van der Waals surface area contributed by atoms with E-state index >= 15 is 0 Å².